The molecule has 0 amide bonds. The fraction of sp³-hybridized carbons (Fsp3) is 0.0909. The molecule has 0 aliphatic carbocycles. The molecule has 2 heterocycles. The second-order valence-corrected chi connectivity index (χ2v) is 5.17. The molecule has 18 heavy (non-hydrogen) atoms. The number of hydrogen-bond donors (Lipinski definition) is 1. The minimum absolute atomic E-state index is 0.173. The molecule has 0 aliphatic rings. The second kappa shape index (κ2) is 4.43. The van der Waals surface area contributed by atoms with Crippen molar-refractivity contribution in [3.05, 3.63) is 42.0 Å². The molecule has 7 heteroatoms. The van der Waals surface area contributed by atoms with E-state index in [1.807, 2.05) is 0 Å². The van der Waals surface area contributed by atoms with Gasteiger partial charge in [-0.1, -0.05) is 6.07 Å². The number of aromatic nitrogens is 2. The average Bonchev–Trinajstić information content (AvgIpc) is 2.27. The van der Waals surface area contributed by atoms with Crippen LogP contribution in [0.4, 0.5) is 4.39 Å². The number of nitrogens with zero attached hydrogens (tertiary/aromatic N) is 2. The van der Waals surface area contributed by atoms with Gasteiger partial charge in [0.05, 0.1) is 5.69 Å². The van der Waals surface area contributed by atoms with Crippen LogP contribution < -0.4 is 5.14 Å². The molecule has 0 bridgehead atoms. The lowest BCUT2D eigenvalue weighted by atomic mass is 10.2. The Morgan fingerprint density at radius 1 is 1.17 bits per heavy atom. The summed E-state index contributed by atoms with van der Waals surface area (Å²) in [6.45, 7) is 1.64. The summed E-state index contributed by atoms with van der Waals surface area (Å²) in [7, 11) is -3.99. The molecule has 0 aliphatic heterocycles. The van der Waals surface area contributed by atoms with Crippen molar-refractivity contribution in [3.63, 3.8) is 0 Å². The van der Waals surface area contributed by atoms with Crippen LogP contribution >= 0.6 is 0 Å². The van der Waals surface area contributed by atoms with Crippen molar-refractivity contribution in [2.45, 2.75) is 11.9 Å². The molecule has 2 N–H and O–H groups in total. The summed E-state index contributed by atoms with van der Waals surface area (Å²) < 4.78 is 36.0. The SMILES string of the molecule is Cc1ccc(-c2cccc(F)n2)c(S(N)(=O)=O)n1. The number of sulfonamides is 1. The Morgan fingerprint density at radius 2 is 1.89 bits per heavy atom. The summed E-state index contributed by atoms with van der Waals surface area (Å²) in [6.07, 6.45) is 0. The topological polar surface area (TPSA) is 85.9 Å². The number of hydrogen-bond acceptors (Lipinski definition) is 4. The minimum atomic E-state index is -3.99. The van der Waals surface area contributed by atoms with Gasteiger partial charge in [-0.05, 0) is 31.2 Å². The monoisotopic (exact) mass is 267 g/mol. The van der Waals surface area contributed by atoms with Gasteiger partial charge in [0.1, 0.15) is 0 Å². The second-order valence-electron chi connectivity index (χ2n) is 3.70. The first kappa shape index (κ1) is 12.6. The number of aryl methyl sites for hydroxylation is 1. The van der Waals surface area contributed by atoms with Crippen LogP contribution in [0, 0.1) is 12.9 Å². The molecule has 2 aromatic heterocycles. The summed E-state index contributed by atoms with van der Waals surface area (Å²) in [5.41, 5.74) is 0.855. The first-order valence-electron chi connectivity index (χ1n) is 5.01. The predicted molar refractivity (Wildman–Crippen MR) is 63.5 cm³/mol. The van der Waals surface area contributed by atoms with Gasteiger partial charge < -0.3 is 0 Å². The standard InChI is InChI=1S/C11H10FN3O2S/c1-7-5-6-8(11(14-7)18(13,16)17)9-3-2-4-10(12)15-9/h2-6H,1H3,(H2,13,16,17). The maximum Gasteiger partial charge on any atom is 0.256 e. The maximum absolute atomic E-state index is 13.0. The smallest absolute Gasteiger partial charge is 0.240 e. The lowest BCUT2D eigenvalue weighted by Gasteiger charge is -2.07. The highest BCUT2D eigenvalue weighted by Gasteiger charge is 2.18. The van der Waals surface area contributed by atoms with E-state index in [1.54, 1.807) is 13.0 Å². The van der Waals surface area contributed by atoms with E-state index in [9.17, 15) is 12.8 Å². The van der Waals surface area contributed by atoms with E-state index < -0.39 is 16.0 Å². The van der Waals surface area contributed by atoms with E-state index in [-0.39, 0.29) is 16.3 Å². The molecular weight excluding hydrogens is 257 g/mol. The third kappa shape index (κ3) is 2.52. The Kier molecular flexibility index (Phi) is 3.10. The van der Waals surface area contributed by atoms with E-state index >= 15 is 0 Å². The van der Waals surface area contributed by atoms with E-state index in [0.717, 1.165) is 0 Å². The third-order valence-corrected chi connectivity index (χ3v) is 3.11. The van der Waals surface area contributed by atoms with Crippen molar-refractivity contribution in [1.82, 2.24) is 9.97 Å². The van der Waals surface area contributed by atoms with Crippen LogP contribution in [0.1, 0.15) is 5.69 Å². The number of halogens is 1. The molecule has 2 aromatic rings. The fourth-order valence-corrected chi connectivity index (χ4v) is 2.25. The summed E-state index contributed by atoms with van der Waals surface area (Å²) in [6, 6.07) is 7.21. The molecule has 0 saturated heterocycles. The Balaban J connectivity index is 2.72. The largest absolute Gasteiger partial charge is 0.256 e. The van der Waals surface area contributed by atoms with Gasteiger partial charge in [-0.25, -0.2) is 23.5 Å². The molecule has 0 atom stereocenters. The summed E-state index contributed by atoms with van der Waals surface area (Å²) >= 11 is 0. The molecule has 94 valence electrons. The first-order valence-corrected chi connectivity index (χ1v) is 6.56. The van der Waals surface area contributed by atoms with Gasteiger partial charge in [0, 0.05) is 11.3 Å². The minimum Gasteiger partial charge on any atom is -0.240 e. The van der Waals surface area contributed by atoms with E-state index in [1.165, 1.54) is 24.3 Å². The Bertz CT molecular complexity index is 701. The third-order valence-electron chi connectivity index (χ3n) is 2.26. The molecule has 0 radical (unpaired) electrons. The maximum atomic E-state index is 13.0. The Hall–Kier alpha value is -1.86. The molecule has 0 unspecified atom stereocenters. The van der Waals surface area contributed by atoms with Crippen LogP contribution in [0.5, 0.6) is 0 Å². The van der Waals surface area contributed by atoms with Gasteiger partial charge in [-0.2, -0.15) is 4.39 Å². The normalized spacial score (nSPS) is 11.5. The van der Waals surface area contributed by atoms with E-state index in [0.29, 0.717) is 5.69 Å². The first-order chi connectivity index (χ1) is 8.38. The molecule has 0 saturated carbocycles. The van der Waals surface area contributed by atoms with Gasteiger partial charge in [0.25, 0.3) is 10.0 Å². The highest BCUT2D eigenvalue weighted by molar-refractivity contribution is 7.89. The average molecular weight is 267 g/mol. The zero-order valence-corrected chi connectivity index (χ0v) is 10.3. The van der Waals surface area contributed by atoms with Crippen LogP contribution in [0.2, 0.25) is 0 Å². The van der Waals surface area contributed by atoms with Gasteiger partial charge in [0.15, 0.2) is 5.03 Å². The predicted octanol–water partition coefficient (Wildman–Crippen LogP) is 1.24. The van der Waals surface area contributed by atoms with Crippen molar-refractivity contribution in [2.75, 3.05) is 0 Å². The van der Waals surface area contributed by atoms with E-state index in [4.69, 9.17) is 5.14 Å². The fourth-order valence-electron chi connectivity index (χ4n) is 1.50. The molecule has 2 rings (SSSR count). The number of primary sulfonamides is 1. The van der Waals surface area contributed by atoms with Gasteiger partial charge >= 0.3 is 0 Å². The summed E-state index contributed by atoms with van der Waals surface area (Å²) in [5.74, 6) is -0.701. The summed E-state index contributed by atoms with van der Waals surface area (Å²) in [5, 5.41) is 4.79. The van der Waals surface area contributed by atoms with Gasteiger partial charge in [0.2, 0.25) is 5.95 Å². The van der Waals surface area contributed by atoms with Crippen LogP contribution in [-0.2, 0) is 10.0 Å². The van der Waals surface area contributed by atoms with Crippen molar-refractivity contribution in [1.29, 1.82) is 0 Å². The molecular formula is C11H10FN3O2S. The quantitative estimate of drug-likeness (QED) is 0.829. The van der Waals surface area contributed by atoms with Crippen LogP contribution in [0.3, 0.4) is 0 Å². The molecule has 0 aromatic carbocycles. The van der Waals surface area contributed by atoms with Crippen molar-refractivity contribution in [2.24, 2.45) is 5.14 Å². The molecule has 0 fully saturated rings. The van der Waals surface area contributed by atoms with Gasteiger partial charge in [-0.15, -0.1) is 0 Å². The van der Waals surface area contributed by atoms with Crippen molar-refractivity contribution < 1.29 is 12.8 Å². The highest BCUT2D eigenvalue weighted by atomic mass is 32.2. The van der Waals surface area contributed by atoms with Crippen LogP contribution in [0.15, 0.2) is 35.4 Å². The van der Waals surface area contributed by atoms with E-state index in [2.05, 4.69) is 9.97 Å². The van der Waals surface area contributed by atoms with Crippen molar-refractivity contribution in [3.8, 4) is 11.3 Å². The number of nitrogens with two attached hydrogens (primary N) is 1. The molecule has 5 nitrogen and oxygen atoms in total. The lowest BCUT2D eigenvalue weighted by Crippen LogP contribution is -2.16. The Labute approximate surface area is 104 Å². The van der Waals surface area contributed by atoms with Crippen LogP contribution in [0.25, 0.3) is 11.3 Å². The Morgan fingerprint density at radius 3 is 2.50 bits per heavy atom. The van der Waals surface area contributed by atoms with Crippen molar-refractivity contribution >= 4 is 10.0 Å². The lowest BCUT2D eigenvalue weighted by molar-refractivity contribution is 0.583. The van der Waals surface area contributed by atoms with Crippen LogP contribution in [-0.4, -0.2) is 18.4 Å². The zero-order chi connectivity index (χ0) is 13.3. The number of pyridine rings is 2. The van der Waals surface area contributed by atoms with Gasteiger partial charge in [-0.3, -0.25) is 0 Å². The zero-order valence-electron chi connectivity index (χ0n) is 9.46. The summed E-state index contributed by atoms with van der Waals surface area (Å²) in [4.78, 5) is 7.50. The molecule has 0 spiro atoms. The number of rotatable bonds is 2. The highest BCUT2D eigenvalue weighted by Crippen LogP contribution is 2.23.